The van der Waals surface area contributed by atoms with E-state index in [2.05, 4.69) is 31.0 Å². The Labute approximate surface area is 129 Å². The molecule has 2 rings (SSSR count). The van der Waals surface area contributed by atoms with Gasteiger partial charge in [-0.05, 0) is 33.6 Å². The summed E-state index contributed by atoms with van der Waals surface area (Å²) < 4.78 is 28.1. The van der Waals surface area contributed by atoms with Crippen molar-refractivity contribution in [2.75, 3.05) is 4.72 Å². The fourth-order valence-electron chi connectivity index (χ4n) is 1.68. The van der Waals surface area contributed by atoms with E-state index in [-0.39, 0.29) is 16.0 Å². The van der Waals surface area contributed by atoms with Crippen molar-refractivity contribution in [2.45, 2.75) is 11.4 Å². The largest absolute Gasteiger partial charge is 0.481 e. The Balaban J connectivity index is 2.23. The number of hydrogen-bond donors (Lipinski definition) is 2. The fraction of sp³-hybridized carbons (Fsp3) is 0.182. The molecule has 2 N–H and O–H groups in total. The van der Waals surface area contributed by atoms with Crippen LogP contribution in [-0.2, 0) is 28.3 Å². The Morgan fingerprint density at radius 3 is 2.48 bits per heavy atom. The van der Waals surface area contributed by atoms with Crippen molar-refractivity contribution in [3.63, 3.8) is 0 Å². The summed E-state index contributed by atoms with van der Waals surface area (Å²) in [6.45, 7) is 0. The maximum Gasteiger partial charge on any atom is 0.307 e. The van der Waals surface area contributed by atoms with E-state index in [1.54, 1.807) is 12.1 Å². The van der Waals surface area contributed by atoms with Crippen LogP contribution in [0, 0.1) is 0 Å². The first-order valence-corrected chi connectivity index (χ1v) is 7.96. The minimum Gasteiger partial charge on any atom is -0.481 e. The number of benzene rings is 1. The van der Waals surface area contributed by atoms with E-state index in [0.717, 1.165) is 4.68 Å². The number of hydrogen-bond acceptors (Lipinski definition) is 5. The van der Waals surface area contributed by atoms with Crippen LogP contribution < -0.4 is 4.72 Å². The third-order valence-corrected chi connectivity index (χ3v) is 4.82. The number of aryl methyl sites for hydroxylation is 1. The summed E-state index contributed by atoms with van der Waals surface area (Å²) in [5.74, 6) is -0.951. The molecule has 0 radical (unpaired) electrons. The molecule has 8 nitrogen and oxygen atoms in total. The van der Waals surface area contributed by atoms with Gasteiger partial charge in [0.25, 0.3) is 10.0 Å². The normalized spacial score (nSPS) is 11.3. The number of carboxylic acids is 1. The molecule has 112 valence electrons. The molecule has 21 heavy (non-hydrogen) atoms. The number of rotatable bonds is 5. The van der Waals surface area contributed by atoms with E-state index in [1.807, 2.05) is 0 Å². The SMILES string of the molecule is Cn1nnc(Br)c1S(=O)(=O)Nc1ccc(CC(=O)O)cc1. The number of halogens is 1. The van der Waals surface area contributed by atoms with Gasteiger partial charge in [0.05, 0.1) is 6.42 Å². The number of aromatic nitrogens is 3. The van der Waals surface area contributed by atoms with Crippen LogP contribution in [0.1, 0.15) is 5.56 Å². The van der Waals surface area contributed by atoms with Gasteiger partial charge in [-0.25, -0.2) is 4.68 Å². The van der Waals surface area contributed by atoms with Gasteiger partial charge >= 0.3 is 5.97 Å². The lowest BCUT2D eigenvalue weighted by atomic mass is 10.1. The van der Waals surface area contributed by atoms with Gasteiger partial charge in [0.1, 0.15) is 0 Å². The third-order valence-electron chi connectivity index (χ3n) is 2.55. The molecule has 0 fully saturated rings. The van der Waals surface area contributed by atoms with Crippen LogP contribution in [0.15, 0.2) is 33.9 Å². The Hall–Kier alpha value is -1.94. The summed E-state index contributed by atoms with van der Waals surface area (Å²) in [4.78, 5) is 10.6. The highest BCUT2D eigenvalue weighted by molar-refractivity contribution is 9.10. The highest BCUT2D eigenvalue weighted by Crippen LogP contribution is 2.21. The van der Waals surface area contributed by atoms with Gasteiger partial charge < -0.3 is 5.11 Å². The summed E-state index contributed by atoms with van der Waals surface area (Å²) in [5, 5.41) is 15.8. The summed E-state index contributed by atoms with van der Waals surface area (Å²) in [5.41, 5.74) is 0.895. The van der Waals surface area contributed by atoms with Gasteiger partial charge in [-0.3, -0.25) is 9.52 Å². The average molecular weight is 375 g/mol. The van der Waals surface area contributed by atoms with Crippen molar-refractivity contribution in [3.05, 3.63) is 34.4 Å². The molecule has 1 heterocycles. The molecule has 0 bridgehead atoms. The lowest BCUT2D eigenvalue weighted by Gasteiger charge is -2.08. The Kier molecular flexibility index (Phi) is 4.28. The molecule has 0 saturated heterocycles. The molecular weight excluding hydrogens is 364 g/mol. The van der Waals surface area contributed by atoms with Crippen LogP contribution in [0.5, 0.6) is 0 Å². The third kappa shape index (κ3) is 3.58. The molecule has 2 aromatic rings. The Morgan fingerprint density at radius 2 is 2.00 bits per heavy atom. The topological polar surface area (TPSA) is 114 Å². The molecular formula is C11H11BrN4O4S. The van der Waals surface area contributed by atoms with Crippen LogP contribution in [-0.4, -0.2) is 34.5 Å². The molecule has 0 spiro atoms. The van der Waals surface area contributed by atoms with Crippen molar-refractivity contribution >= 4 is 37.6 Å². The predicted molar refractivity (Wildman–Crippen MR) is 77.3 cm³/mol. The van der Waals surface area contributed by atoms with Gasteiger partial charge in [0.15, 0.2) is 4.60 Å². The summed E-state index contributed by atoms with van der Waals surface area (Å²) in [6.07, 6.45) is -0.121. The number of nitrogens with one attached hydrogen (secondary N) is 1. The number of sulfonamides is 1. The second-order valence-corrected chi connectivity index (χ2v) is 6.53. The zero-order valence-corrected chi connectivity index (χ0v) is 13.2. The number of carbonyl (C=O) groups is 1. The molecule has 0 atom stereocenters. The molecule has 0 saturated carbocycles. The van der Waals surface area contributed by atoms with E-state index in [9.17, 15) is 13.2 Å². The van der Waals surface area contributed by atoms with Gasteiger partial charge in [0, 0.05) is 12.7 Å². The number of nitrogens with zero attached hydrogens (tertiary/aromatic N) is 3. The fourth-order valence-corrected chi connectivity index (χ4v) is 3.83. The molecule has 0 amide bonds. The number of carboxylic acid groups (broad SMARTS) is 1. The standard InChI is InChI=1S/C11H11BrN4O4S/c1-16-11(10(12)13-15-16)21(19,20)14-8-4-2-7(3-5-8)6-9(17)18/h2-5,14H,6H2,1H3,(H,17,18). The van der Waals surface area contributed by atoms with E-state index in [1.165, 1.54) is 19.2 Å². The van der Waals surface area contributed by atoms with Crippen molar-refractivity contribution in [3.8, 4) is 0 Å². The van der Waals surface area contributed by atoms with E-state index >= 15 is 0 Å². The smallest absolute Gasteiger partial charge is 0.307 e. The average Bonchev–Trinajstić information content (AvgIpc) is 2.71. The Morgan fingerprint density at radius 1 is 1.38 bits per heavy atom. The number of anilines is 1. The van der Waals surface area contributed by atoms with Gasteiger partial charge in [-0.15, -0.1) is 5.10 Å². The lowest BCUT2D eigenvalue weighted by molar-refractivity contribution is -0.136. The maximum atomic E-state index is 12.2. The summed E-state index contributed by atoms with van der Waals surface area (Å²) >= 11 is 3.03. The van der Waals surface area contributed by atoms with Gasteiger partial charge in [-0.2, -0.15) is 8.42 Å². The van der Waals surface area contributed by atoms with Crippen molar-refractivity contribution in [1.29, 1.82) is 0 Å². The van der Waals surface area contributed by atoms with E-state index < -0.39 is 16.0 Å². The number of aliphatic carboxylic acids is 1. The van der Waals surface area contributed by atoms with Crippen LogP contribution in [0.3, 0.4) is 0 Å². The van der Waals surface area contributed by atoms with Crippen LogP contribution >= 0.6 is 15.9 Å². The van der Waals surface area contributed by atoms with Crippen molar-refractivity contribution in [1.82, 2.24) is 15.0 Å². The minimum atomic E-state index is -3.84. The second-order valence-electron chi connectivity index (χ2n) is 4.18. The highest BCUT2D eigenvalue weighted by atomic mass is 79.9. The molecule has 1 aromatic heterocycles. The van der Waals surface area contributed by atoms with Crippen LogP contribution in [0.4, 0.5) is 5.69 Å². The molecule has 0 unspecified atom stereocenters. The maximum absolute atomic E-state index is 12.2. The quantitative estimate of drug-likeness (QED) is 0.806. The minimum absolute atomic E-state index is 0.0999. The van der Waals surface area contributed by atoms with Crippen LogP contribution in [0.25, 0.3) is 0 Å². The summed E-state index contributed by atoms with van der Waals surface area (Å²) in [6, 6.07) is 6.08. The zero-order valence-electron chi connectivity index (χ0n) is 10.8. The van der Waals surface area contributed by atoms with E-state index in [4.69, 9.17) is 5.11 Å². The first-order valence-electron chi connectivity index (χ1n) is 5.68. The predicted octanol–water partition coefficient (Wildman–Crippen LogP) is 1.01. The monoisotopic (exact) mass is 374 g/mol. The van der Waals surface area contributed by atoms with Crippen LogP contribution in [0.2, 0.25) is 0 Å². The Bertz CT molecular complexity index is 751. The van der Waals surface area contributed by atoms with Crippen molar-refractivity contribution < 1.29 is 18.3 Å². The lowest BCUT2D eigenvalue weighted by Crippen LogP contribution is -2.17. The van der Waals surface area contributed by atoms with E-state index in [0.29, 0.717) is 11.3 Å². The first kappa shape index (κ1) is 15.4. The van der Waals surface area contributed by atoms with Crippen molar-refractivity contribution in [2.24, 2.45) is 7.05 Å². The van der Waals surface area contributed by atoms with Gasteiger partial charge in [-0.1, -0.05) is 17.3 Å². The highest BCUT2D eigenvalue weighted by Gasteiger charge is 2.23. The first-order chi connectivity index (χ1) is 9.79. The zero-order chi connectivity index (χ0) is 15.6. The molecule has 0 aliphatic carbocycles. The molecule has 1 aromatic carbocycles. The molecule has 10 heteroatoms. The summed E-state index contributed by atoms with van der Waals surface area (Å²) in [7, 11) is -2.38. The molecule has 0 aliphatic rings. The second kappa shape index (κ2) is 5.82. The molecule has 0 aliphatic heterocycles. The van der Waals surface area contributed by atoms with Gasteiger partial charge in [0.2, 0.25) is 5.03 Å².